The summed E-state index contributed by atoms with van der Waals surface area (Å²) in [4.78, 5) is 0. The van der Waals surface area contributed by atoms with Gasteiger partial charge in [0.25, 0.3) is 0 Å². The van der Waals surface area contributed by atoms with Crippen molar-refractivity contribution >= 4 is 18.6 Å². The summed E-state index contributed by atoms with van der Waals surface area (Å²) in [5.74, 6) is 1.20. The van der Waals surface area contributed by atoms with E-state index < -0.39 is 29.3 Å². The van der Waals surface area contributed by atoms with Crippen molar-refractivity contribution < 1.29 is 27.5 Å². The lowest BCUT2D eigenvalue weighted by atomic mass is 9.71. The van der Waals surface area contributed by atoms with Gasteiger partial charge in [-0.15, -0.1) is 0 Å². The minimum absolute atomic E-state index is 0.0897. The fourth-order valence-electron chi connectivity index (χ4n) is 4.01. The van der Waals surface area contributed by atoms with E-state index in [0.29, 0.717) is 11.5 Å². The molecule has 0 radical (unpaired) electrons. The first-order valence-electron chi connectivity index (χ1n) is 9.13. The number of fused-ring (bicyclic) bond motifs is 1. The summed E-state index contributed by atoms with van der Waals surface area (Å²) in [6.07, 6.45) is 3.65. The van der Waals surface area contributed by atoms with Gasteiger partial charge in [-0.3, -0.25) is 13.3 Å². The van der Waals surface area contributed by atoms with Crippen LogP contribution >= 0.6 is 7.82 Å². The average molecular weight is 394 g/mol. The molecule has 2 aliphatic carbocycles. The highest BCUT2D eigenvalue weighted by Gasteiger charge is 2.51. The second-order valence-corrected chi connectivity index (χ2v) is 10.3. The van der Waals surface area contributed by atoms with Gasteiger partial charge in [0.15, 0.2) is 0 Å². The molecule has 3 unspecified atom stereocenters. The smallest absolute Gasteiger partial charge is 0.407 e. The Morgan fingerprint density at radius 2 is 1.92 bits per heavy atom. The number of hydrogen-bond donors (Lipinski definition) is 1. The maximum Gasteiger partial charge on any atom is 0.529 e. The highest BCUT2D eigenvalue weighted by molar-refractivity contribution is 7.85. The Hall–Kier alpha value is -0.200. The quantitative estimate of drug-likeness (QED) is 0.600. The average Bonchev–Trinajstić information content (AvgIpc) is 3.02. The van der Waals surface area contributed by atoms with Gasteiger partial charge >= 0.3 is 7.82 Å². The summed E-state index contributed by atoms with van der Waals surface area (Å²) >= 11 is 0. The molecule has 1 fully saturated rings. The van der Waals surface area contributed by atoms with Crippen molar-refractivity contribution in [2.24, 2.45) is 11.3 Å². The van der Waals surface area contributed by atoms with Crippen molar-refractivity contribution in [3.63, 3.8) is 0 Å². The van der Waals surface area contributed by atoms with Crippen LogP contribution in [0.1, 0.15) is 53.4 Å². The zero-order valence-corrected chi connectivity index (χ0v) is 17.4. The van der Waals surface area contributed by atoms with E-state index in [1.54, 1.807) is 13.8 Å². The summed E-state index contributed by atoms with van der Waals surface area (Å²) in [6, 6.07) is 0. The Bertz CT molecular complexity index is 567. The summed E-state index contributed by atoms with van der Waals surface area (Å²) in [7, 11) is -5.01. The third-order valence-corrected chi connectivity index (χ3v) is 8.53. The lowest BCUT2D eigenvalue weighted by molar-refractivity contribution is 0.0857. The van der Waals surface area contributed by atoms with E-state index in [2.05, 4.69) is 0 Å². The van der Waals surface area contributed by atoms with Crippen LogP contribution in [0.2, 0.25) is 0 Å². The van der Waals surface area contributed by atoms with Crippen LogP contribution in [0.25, 0.3) is 0 Å². The first-order chi connectivity index (χ1) is 11.8. The molecule has 1 N–H and O–H groups in total. The van der Waals surface area contributed by atoms with Gasteiger partial charge in [0.1, 0.15) is 11.0 Å². The second kappa shape index (κ2) is 8.66. The third kappa shape index (κ3) is 4.38. The number of hydrogen-bond acceptors (Lipinski definition) is 6. The standard InChI is InChI=1S/C17H31O6PS/c1-5-21-24(19,22-6-2)23-15-14-10-8-9-13(14)11-17(4,12-18)16(15)25(20)7-3/h13,16,18H,5-12H2,1-4H3/t13-,16?,17?,25?/m1/s1. The molecule has 0 aromatic carbocycles. The molecular formula is C17H31O6PS. The van der Waals surface area contributed by atoms with Gasteiger partial charge in [-0.2, -0.15) is 0 Å². The molecule has 2 rings (SSSR count). The minimum atomic E-state index is -3.77. The van der Waals surface area contributed by atoms with E-state index >= 15 is 0 Å². The molecule has 146 valence electrons. The molecule has 1 saturated carbocycles. The number of phosphoric ester groups is 1. The van der Waals surface area contributed by atoms with Gasteiger partial charge in [0.05, 0.1) is 19.8 Å². The lowest BCUT2D eigenvalue weighted by Gasteiger charge is -2.43. The summed E-state index contributed by atoms with van der Waals surface area (Å²) in [6.45, 7) is 7.55. The molecule has 0 aliphatic heterocycles. The molecule has 2 aliphatic rings. The molecule has 25 heavy (non-hydrogen) atoms. The Balaban J connectivity index is 2.50. The van der Waals surface area contributed by atoms with Crippen molar-refractivity contribution in [1.29, 1.82) is 0 Å². The number of allylic oxidation sites excluding steroid dienone is 1. The van der Waals surface area contributed by atoms with Crippen LogP contribution < -0.4 is 0 Å². The summed E-state index contributed by atoms with van der Waals surface area (Å²) < 4.78 is 42.3. The zero-order chi connectivity index (χ0) is 18.7. The molecule has 0 aromatic rings. The van der Waals surface area contributed by atoms with E-state index in [9.17, 15) is 13.9 Å². The molecule has 8 heteroatoms. The van der Waals surface area contributed by atoms with Gasteiger partial charge in [-0.1, -0.05) is 13.8 Å². The van der Waals surface area contributed by atoms with E-state index in [1.807, 2.05) is 13.8 Å². The van der Waals surface area contributed by atoms with Crippen LogP contribution in [0.4, 0.5) is 0 Å². The normalized spacial score (nSPS) is 31.1. The van der Waals surface area contributed by atoms with Crippen molar-refractivity contribution in [3.05, 3.63) is 11.3 Å². The van der Waals surface area contributed by atoms with Gasteiger partial charge in [0, 0.05) is 22.0 Å². The highest BCUT2D eigenvalue weighted by atomic mass is 32.2. The second-order valence-electron chi connectivity index (χ2n) is 6.92. The van der Waals surface area contributed by atoms with Crippen LogP contribution in [0.15, 0.2) is 11.3 Å². The Morgan fingerprint density at radius 1 is 1.28 bits per heavy atom. The van der Waals surface area contributed by atoms with Crippen LogP contribution in [0.5, 0.6) is 0 Å². The van der Waals surface area contributed by atoms with Gasteiger partial charge in [0.2, 0.25) is 0 Å². The van der Waals surface area contributed by atoms with E-state index in [0.717, 1.165) is 31.3 Å². The Labute approximate surface area is 153 Å². The molecule has 4 atom stereocenters. The number of rotatable bonds is 9. The van der Waals surface area contributed by atoms with Crippen LogP contribution in [0, 0.1) is 11.3 Å². The predicted octanol–water partition coefficient (Wildman–Crippen LogP) is 3.78. The molecule has 0 amide bonds. The van der Waals surface area contributed by atoms with Crippen molar-refractivity contribution in [2.75, 3.05) is 25.6 Å². The molecule has 0 heterocycles. The first-order valence-corrected chi connectivity index (χ1v) is 12.0. The van der Waals surface area contributed by atoms with E-state index in [4.69, 9.17) is 13.6 Å². The molecule has 6 nitrogen and oxygen atoms in total. The first kappa shape index (κ1) is 21.1. The van der Waals surface area contributed by atoms with Crippen molar-refractivity contribution in [3.8, 4) is 0 Å². The summed E-state index contributed by atoms with van der Waals surface area (Å²) in [5.41, 5.74) is 0.509. The predicted molar refractivity (Wildman–Crippen MR) is 98.6 cm³/mol. The van der Waals surface area contributed by atoms with Gasteiger partial charge in [-0.05, 0) is 51.0 Å². The molecular weight excluding hydrogens is 363 g/mol. The maximum absolute atomic E-state index is 13.0. The van der Waals surface area contributed by atoms with Gasteiger partial charge < -0.3 is 9.63 Å². The zero-order valence-electron chi connectivity index (χ0n) is 15.7. The summed E-state index contributed by atoms with van der Waals surface area (Å²) in [5, 5.41) is 9.56. The maximum atomic E-state index is 13.0. The fourth-order valence-corrected chi connectivity index (χ4v) is 6.93. The van der Waals surface area contributed by atoms with Crippen LogP contribution in [-0.4, -0.2) is 40.1 Å². The van der Waals surface area contributed by atoms with Crippen molar-refractivity contribution in [1.82, 2.24) is 0 Å². The van der Waals surface area contributed by atoms with E-state index in [1.165, 1.54) is 0 Å². The molecule has 0 saturated heterocycles. The topological polar surface area (TPSA) is 82.1 Å². The SMILES string of the molecule is CCOP(=O)(OCC)OC1=C2CCC[C@@H]2CC(C)(CO)C1S(=O)CC. The van der Waals surface area contributed by atoms with Crippen molar-refractivity contribution in [2.45, 2.75) is 58.6 Å². The highest BCUT2D eigenvalue weighted by Crippen LogP contribution is 2.58. The van der Waals surface area contributed by atoms with E-state index in [-0.39, 0.29) is 25.7 Å². The third-order valence-electron chi connectivity index (χ3n) is 5.09. The monoisotopic (exact) mass is 394 g/mol. The molecule has 0 aromatic heterocycles. The largest absolute Gasteiger partial charge is 0.529 e. The van der Waals surface area contributed by atoms with Crippen LogP contribution in [0.3, 0.4) is 0 Å². The lowest BCUT2D eigenvalue weighted by Crippen LogP contribution is -2.46. The number of phosphoric acid groups is 1. The minimum Gasteiger partial charge on any atom is -0.407 e. The fraction of sp³-hybridized carbons (Fsp3) is 0.882. The molecule has 0 bridgehead atoms. The Kier molecular flexibility index (Phi) is 7.31. The van der Waals surface area contributed by atoms with Crippen LogP contribution in [-0.2, 0) is 28.9 Å². The number of aliphatic hydroxyl groups excluding tert-OH is 1. The number of aliphatic hydroxyl groups is 1. The molecule has 0 spiro atoms. The Morgan fingerprint density at radius 3 is 2.44 bits per heavy atom. The van der Waals surface area contributed by atoms with Gasteiger partial charge in [-0.25, -0.2) is 4.57 Å².